The molecule has 25 heavy (non-hydrogen) atoms. The zero-order chi connectivity index (χ0) is 17.4. The highest BCUT2D eigenvalue weighted by Gasteiger charge is 2.53. The van der Waals surface area contributed by atoms with E-state index >= 15 is 0 Å². The van der Waals surface area contributed by atoms with Crippen molar-refractivity contribution in [2.45, 2.75) is 50.7 Å². The summed E-state index contributed by atoms with van der Waals surface area (Å²) in [5.74, 6) is 2.07. The molecule has 0 spiro atoms. The summed E-state index contributed by atoms with van der Waals surface area (Å²) in [6.07, 6.45) is 5.47. The molecule has 5 rings (SSSR count). The third kappa shape index (κ3) is 3.37. The van der Waals surface area contributed by atoms with Crippen LogP contribution >= 0.6 is 0 Å². The van der Waals surface area contributed by atoms with E-state index in [0.717, 1.165) is 29.7 Å². The zero-order valence-corrected chi connectivity index (χ0v) is 14.6. The number of ether oxygens (including phenoxy) is 2. The largest absolute Gasteiger partial charge is 0.444 e. The molecule has 1 aromatic carbocycles. The van der Waals surface area contributed by atoms with Gasteiger partial charge in [-0.2, -0.15) is 0 Å². The molecule has 4 aliphatic carbocycles. The number of imide groups is 1. The lowest BCUT2D eigenvalue weighted by Gasteiger charge is -2.55. The van der Waals surface area contributed by atoms with Gasteiger partial charge in [0.1, 0.15) is 12.2 Å². The summed E-state index contributed by atoms with van der Waals surface area (Å²) in [6.45, 7) is 0.147. The van der Waals surface area contributed by atoms with Crippen LogP contribution in [0.25, 0.3) is 0 Å². The average molecular weight is 343 g/mol. The maximum Gasteiger partial charge on any atom is 0.419 e. The van der Waals surface area contributed by atoms with Gasteiger partial charge in [0.05, 0.1) is 0 Å². The summed E-state index contributed by atoms with van der Waals surface area (Å²) in [6, 6.07) is 9.42. The van der Waals surface area contributed by atoms with Gasteiger partial charge in [0.2, 0.25) is 0 Å². The molecule has 4 bridgehead atoms. The minimum atomic E-state index is -0.668. The van der Waals surface area contributed by atoms with Gasteiger partial charge in [0.25, 0.3) is 0 Å². The number of carbonyl (C=O) groups excluding carboxylic acids is 2. The van der Waals surface area contributed by atoms with Gasteiger partial charge in [0.15, 0.2) is 0 Å². The number of benzene rings is 1. The van der Waals surface area contributed by atoms with Crippen LogP contribution in [0.1, 0.15) is 44.1 Å². The number of amides is 2. The molecule has 0 radical (unpaired) electrons. The van der Waals surface area contributed by atoms with Crippen molar-refractivity contribution >= 4 is 12.2 Å². The van der Waals surface area contributed by atoms with E-state index in [-0.39, 0.29) is 12.2 Å². The average Bonchev–Trinajstić information content (AvgIpc) is 2.58. The highest BCUT2D eigenvalue weighted by Crippen LogP contribution is 2.57. The number of hydrogen-bond acceptors (Lipinski definition) is 4. The summed E-state index contributed by atoms with van der Waals surface area (Å²) in [5, 5.41) is 0. The van der Waals surface area contributed by atoms with Crippen molar-refractivity contribution in [2.75, 3.05) is 7.05 Å². The topological polar surface area (TPSA) is 55.8 Å². The predicted molar refractivity (Wildman–Crippen MR) is 91.8 cm³/mol. The van der Waals surface area contributed by atoms with Gasteiger partial charge in [-0.3, -0.25) is 0 Å². The van der Waals surface area contributed by atoms with Crippen LogP contribution in [0, 0.1) is 17.8 Å². The molecular weight excluding hydrogens is 318 g/mol. The third-order valence-corrected chi connectivity index (χ3v) is 6.04. The fourth-order valence-electron chi connectivity index (χ4n) is 5.30. The number of nitrogens with zero attached hydrogens (tertiary/aromatic N) is 1. The zero-order valence-electron chi connectivity index (χ0n) is 14.6. The van der Waals surface area contributed by atoms with E-state index in [1.807, 2.05) is 30.3 Å². The van der Waals surface area contributed by atoms with Crippen molar-refractivity contribution in [3.63, 3.8) is 0 Å². The molecular formula is C20H25NO4. The van der Waals surface area contributed by atoms with Crippen molar-refractivity contribution in [2.24, 2.45) is 17.8 Å². The van der Waals surface area contributed by atoms with Gasteiger partial charge >= 0.3 is 12.2 Å². The first-order chi connectivity index (χ1) is 12.0. The molecule has 5 heteroatoms. The highest BCUT2D eigenvalue weighted by atomic mass is 16.6. The summed E-state index contributed by atoms with van der Waals surface area (Å²) in [7, 11) is 1.43. The van der Waals surface area contributed by atoms with E-state index < -0.39 is 12.2 Å². The van der Waals surface area contributed by atoms with Gasteiger partial charge in [-0.05, 0) is 61.8 Å². The van der Waals surface area contributed by atoms with Crippen molar-refractivity contribution in [1.29, 1.82) is 0 Å². The lowest BCUT2D eigenvalue weighted by Crippen LogP contribution is -2.54. The minimum Gasteiger partial charge on any atom is -0.444 e. The first-order valence-corrected chi connectivity index (χ1v) is 9.20. The van der Waals surface area contributed by atoms with E-state index in [1.54, 1.807) is 0 Å². The molecule has 0 unspecified atom stereocenters. The van der Waals surface area contributed by atoms with E-state index in [9.17, 15) is 9.59 Å². The Morgan fingerprint density at radius 1 is 1.00 bits per heavy atom. The Morgan fingerprint density at radius 2 is 1.56 bits per heavy atom. The third-order valence-electron chi connectivity index (χ3n) is 6.04. The fourth-order valence-corrected chi connectivity index (χ4v) is 5.30. The molecule has 0 N–H and O–H groups in total. The van der Waals surface area contributed by atoms with Crippen LogP contribution < -0.4 is 0 Å². The van der Waals surface area contributed by atoms with Crippen molar-refractivity contribution in [3.8, 4) is 0 Å². The summed E-state index contributed by atoms with van der Waals surface area (Å²) in [4.78, 5) is 25.6. The van der Waals surface area contributed by atoms with Crippen LogP contribution in [0.15, 0.2) is 30.3 Å². The molecule has 0 saturated heterocycles. The van der Waals surface area contributed by atoms with Crippen molar-refractivity contribution < 1.29 is 19.1 Å². The van der Waals surface area contributed by atoms with Crippen LogP contribution in [-0.2, 0) is 16.1 Å². The molecule has 134 valence electrons. The van der Waals surface area contributed by atoms with E-state index in [4.69, 9.17) is 9.47 Å². The highest BCUT2D eigenvalue weighted by molar-refractivity contribution is 5.87. The predicted octanol–water partition coefficient (Wildman–Crippen LogP) is 4.36. The van der Waals surface area contributed by atoms with E-state index in [2.05, 4.69) is 0 Å². The molecule has 0 heterocycles. The Hall–Kier alpha value is -2.04. The molecule has 4 fully saturated rings. The monoisotopic (exact) mass is 343 g/mol. The second kappa shape index (κ2) is 6.36. The van der Waals surface area contributed by atoms with Gasteiger partial charge in [-0.25, -0.2) is 14.5 Å². The standard InChI is InChI=1S/C20H25NO4/c1-21(18(22)24-13-14-5-3-2-4-6-14)19(23)25-20-10-15-7-16(11-20)9-17(8-15)12-20/h2-6,15-17H,7-13H2,1H3. The van der Waals surface area contributed by atoms with Crippen molar-refractivity contribution in [1.82, 2.24) is 4.90 Å². The van der Waals surface area contributed by atoms with Crippen molar-refractivity contribution in [3.05, 3.63) is 35.9 Å². The number of hydrogen-bond donors (Lipinski definition) is 0. The number of carbonyl (C=O) groups is 2. The lowest BCUT2D eigenvalue weighted by molar-refractivity contribution is -0.131. The van der Waals surface area contributed by atoms with Gasteiger partial charge in [-0.15, -0.1) is 0 Å². The Balaban J connectivity index is 1.33. The molecule has 0 aromatic heterocycles. The van der Waals surface area contributed by atoms with Crippen LogP contribution in [0.5, 0.6) is 0 Å². The summed E-state index contributed by atoms with van der Waals surface area (Å²) >= 11 is 0. The van der Waals surface area contributed by atoms with Gasteiger partial charge in [0, 0.05) is 7.05 Å². The smallest absolute Gasteiger partial charge is 0.419 e. The van der Waals surface area contributed by atoms with Gasteiger partial charge in [-0.1, -0.05) is 30.3 Å². The van der Waals surface area contributed by atoms with E-state index in [0.29, 0.717) is 17.8 Å². The molecule has 0 aliphatic heterocycles. The van der Waals surface area contributed by atoms with E-state index in [1.165, 1.54) is 26.3 Å². The Bertz CT molecular complexity index is 622. The van der Waals surface area contributed by atoms with Crippen LogP contribution in [0.4, 0.5) is 9.59 Å². The summed E-state index contributed by atoms with van der Waals surface area (Å²) < 4.78 is 11.1. The van der Waals surface area contributed by atoms with Crippen LogP contribution in [-0.4, -0.2) is 29.7 Å². The molecule has 4 aliphatic rings. The maximum absolute atomic E-state index is 12.5. The second-order valence-corrected chi connectivity index (χ2v) is 8.07. The number of rotatable bonds is 3. The second-order valence-electron chi connectivity index (χ2n) is 8.07. The molecule has 2 amide bonds. The summed E-state index contributed by atoms with van der Waals surface area (Å²) in [5.41, 5.74) is 0.540. The molecule has 4 saturated carbocycles. The SMILES string of the molecule is CN(C(=O)OCc1ccccc1)C(=O)OC12CC3CC(CC(C3)C1)C2. The minimum absolute atomic E-state index is 0.147. The van der Waals surface area contributed by atoms with Crippen LogP contribution in [0.3, 0.4) is 0 Å². The quantitative estimate of drug-likeness (QED) is 0.818. The Labute approximate surface area is 148 Å². The normalized spacial score (nSPS) is 32.3. The molecule has 5 nitrogen and oxygen atoms in total. The lowest BCUT2D eigenvalue weighted by atomic mass is 9.54. The Morgan fingerprint density at radius 3 is 2.12 bits per heavy atom. The molecule has 0 atom stereocenters. The van der Waals surface area contributed by atoms with Gasteiger partial charge < -0.3 is 9.47 Å². The van der Waals surface area contributed by atoms with Crippen LogP contribution in [0.2, 0.25) is 0 Å². The molecule has 1 aromatic rings. The maximum atomic E-state index is 12.5. The Kier molecular flexibility index (Phi) is 4.18. The first-order valence-electron chi connectivity index (χ1n) is 9.20. The first kappa shape index (κ1) is 16.4. The fraction of sp³-hybridized carbons (Fsp3) is 0.600.